The molecule has 0 spiro atoms. The molecular formula is C14H20O. The molecule has 1 heteroatoms. The normalized spacial score (nSPS) is 9.67. The molecule has 0 radical (unpaired) electrons. The summed E-state index contributed by atoms with van der Waals surface area (Å²) in [7, 11) is 0. The predicted molar refractivity (Wildman–Crippen MR) is 63.6 cm³/mol. The van der Waals surface area contributed by atoms with Gasteiger partial charge in [-0.1, -0.05) is 50.9 Å². The molecule has 15 heavy (non-hydrogen) atoms. The van der Waals surface area contributed by atoms with Crippen molar-refractivity contribution in [1.29, 1.82) is 0 Å². The van der Waals surface area contributed by atoms with Crippen LogP contribution in [0.3, 0.4) is 0 Å². The summed E-state index contributed by atoms with van der Waals surface area (Å²) in [6, 6.07) is 1.90. The van der Waals surface area contributed by atoms with E-state index in [9.17, 15) is 0 Å². The maximum atomic E-state index is 4.93. The van der Waals surface area contributed by atoms with Crippen molar-refractivity contribution >= 4 is 0 Å². The summed E-state index contributed by atoms with van der Waals surface area (Å²) in [5.74, 6) is 6.25. The van der Waals surface area contributed by atoms with E-state index < -0.39 is 0 Å². The quantitative estimate of drug-likeness (QED) is 0.495. The maximum absolute atomic E-state index is 4.93. The number of hydrogen-bond donors (Lipinski definition) is 0. The molecule has 0 aromatic carbocycles. The van der Waals surface area contributed by atoms with Gasteiger partial charge in [0.15, 0.2) is 0 Å². The van der Waals surface area contributed by atoms with E-state index in [1.165, 1.54) is 38.5 Å². The molecule has 0 saturated carbocycles. The van der Waals surface area contributed by atoms with E-state index in [0.29, 0.717) is 0 Å². The molecule has 1 rings (SSSR count). The zero-order valence-electron chi connectivity index (χ0n) is 9.59. The molecule has 0 unspecified atom stereocenters. The Labute approximate surface area is 92.9 Å². The van der Waals surface area contributed by atoms with Gasteiger partial charge in [0.2, 0.25) is 0 Å². The fourth-order valence-electron chi connectivity index (χ4n) is 1.49. The van der Waals surface area contributed by atoms with Crippen molar-refractivity contribution in [2.24, 2.45) is 0 Å². The topological polar surface area (TPSA) is 13.1 Å². The van der Waals surface area contributed by atoms with Crippen LogP contribution in [0.5, 0.6) is 0 Å². The zero-order valence-corrected chi connectivity index (χ0v) is 9.59. The van der Waals surface area contributed by atoms with Crippen LogP contribution in [-0.4, -0.2) is 0 Å². The van der Waals surface area contributed by atoms with E-state index in [1.807, 2.05) is 6.07 Å². The van der Waals surface area contributed by atoms with Crippen molar-refractivity contribution in [2.75, 3.05) is 0 Å². The highest BCUT2D eigenvalue weighted by Gasteiger charge is 1.88. The molecule has 0 amide bonds. The highest BCUT2D eigenvalue weighted by molar-refractivity contribution is 5.29. The standard InChI is InChI=1S/C14H20O/c1-2-3-4-5-6-7-8-9-10-14-11-12-15-13-14/h11-13H,2-8H2,1H3. The minimum absolute atomic E-state index is 0.987. The number of furan rings is 1. The summed E-state index contributed by atoms with van der Waals surface area (Å²) in [6.07, 6.45) is 12.4. The molecule has 0 N–H and O–H groups in total. The van der Waals surface area contributed by atoms with Gasteiger partial charge in [-0.15, -0.1) is 0 Å². The minimum Gasteiger partial charge on any atom is -0.471 e. The van der Waals surface area contributed by atoms with Crippen LogP contribution in [-0.2, 0) is 0 Å². The number of rotatable bonds is 6. The van der Waals surface area contributed by atoms with Crippen LogP contribution < -0.4 is 0 Å². The Morgan fingerprint density at radius 1 is 1.13 bits per heavy atom. The van der Waals surface area contributed by atoms with Gasteiger partial charge in [0, 0.05) is 6.42 Å². The minimum atomic E-state index is 0.987. The van der Waals surface area contributed by atoms with Gasteiger partial charge in [-0.25, -0.2) is 0 Å². The lowest BCUT2D eigenvalue weighted by Gasteiger charge is -1.96. The fraction of sp³-hybridized carbons (Fsp3) is 0.571. The lowest BCUT2D eigenvalue weighted by Crippen LogP contribution is -1.77. The van der Waals surface area contributed by atoms with Gasteiger partial charge in [0.25, 0.3) is 0 Å². The third-order valence-corrected chi connectivity index (χ3v) is 2.41. The third-order valence-electron chi connectivity index (χ3n) is 2.41. The van der Waals surface area contributed by atoms with Gasteiger partial charge >= 0.3 is 0 Å². The average Bonchev–Trinajstić information content (AvgIpc) is 2.75. The first-order chi connectivity index (χ1) is 7.43. The molecule has 1 aromatic heterocycles. The summed E-state index contributed by atoms with van der Waals surface area (Å²) < 4.78 is 4.93. The molecule has 0 aliphatic rings. The molecule has 82 valence electrons. The van der Waals surface area contributed by atoms with Gasteiger partial charge in [-0.3, -0.25) is 0 Å². The molecule has 1 nitrogen and oxygen atoms in total. The molecule has 0 atom stereocenters. The van der Waals surface area contributed by atoms with Crippen LogP contribution in [0.2, 0.25) is 0 Å². The Bertz CT molecular complexity index is 287. The molecule has 1 aromatic rings. The van der Waals surface area contributed by atoms with Crippen LogP contribution in [0.15, 0.2) is 23.0 Å². The Balaban J connectivity index is 1.97. The van der Waals surface area contributed by atoms with Crippen molar-refractivity contribution in [1.82, 2.24) is 0 Å². The van der Waals surface area contributed by atoms with Gasteiger partial charge in [0.05, 0.1) is 11.8 Å². The van der Waals surface area contributed by atoms with E-state index >= 15 is 0 Å². The first kappa shape index (κ1) is 11.9. The highest BCUT2D eigenvalue weighted by Crippen LogP contribution is 2.06. The summed E-state index contributed by atoms with van der Waals surface area (Å²) in [5, 5.41) is 0. The average molecular weight is 204 g/mol. The Hall–Kier alpha value is -1.16. The van der Waals surface area contributed by atoms with Crippen molar-refractivity contribution < 1.29 is 4.42 Å². The van der Waals surface area contributed by atoms with Crippen molar-refractivity contribution in [3.63, 3.8) is 0 Å². The highest BCUT2D eigenvalue weighted by atomic mass is 16.3. The van der Waals surface area contributed by atoms with Gasteiger partial charge in [0.1, 0.15) is 6.26 Å². The van der Waals surface area contributed by atoms with Crippen LogP contribution in [0.4, 0.5) is 0 Å². The summed E-state index contributed by atoms with van der Waals surface area (Å²) in [5.41, 5.74) is 0.987. The molecule has 0 aliphatic carbocycles. The van der Waals surface area contributed by atoms with E-state index in [1.54, 1.807) is 12.5 Å². The summed E-state index contributed by atoms with van der Waals surface area (Å²) in [4.78, 5) is 0. The maximum Gasteiger partial charge on any atom is 0.106 e. The van der Waals surface area contributed by atoms with E-state index in [0.717, 1.165) is 12.0 Å². The molecule has 0 saturated heterocycles. The Kier molecular flexibility index (Phi) is 6.49. The summed E-state index contributed by atoms with van der Waals surface area (Å²) in [6.45, 7) is 2.25. The van der Waals surface area contributed by atoms with E-state index in [4.69, 9.17) is 4.42 Å². The summed E-state index contributed by atoms with van der Waals surface area (Å²) >= 11 is 0. The number of unbranched alkanes of at least 4 members (excludes halogenated alkanes) is 6. The molecule has 0 fully saturated rings. The first-order valence-electron chi connectivity index (χ1n) is 5.94. The van der Waals surface area contributed by atoms with Gasteiger partial charge in [-0.05, 0) is 12.5 Å². The largest absolute Gasteiger partial charge is 0.471 e. The first-order valence-corrected chi connectivity index (χ1v) is 5.94. The van der Waals surface area contributed by atoms with Crippen molar-refractivity contribution in [3.8, 4) is 11.8 Å². The van der Waals surface area contributed by atoms with Crippen LogP contribution in [0.25, 0.3) is 0 Å². The smallest absolute Gasteiger partial charge is 0.106 e. The second kappa shape index (κ2) is 8.17. The lowest BCUT2D eigenvalue weighted by molar-refractivity contribution is 0.566. The van der Waals surface area contributed by atoms with E-state index in [-0.39, 0.29) is 0 Å². The van der Waals surface area contributed by atoms with E-state index in [2.05, 4.69) is 18.8 Å². The second-order valence-corrected chi connectivity index (χ2v) is 3.83. The Morgan fingerprint density at radius 3 is 2.67 bits per heavy atom. The number of hydrogen-bond acceptors (Lipinski definition) is 1. The van der Waals surface area contributed by atoms with Crippen LogP contribution in [0.1, 0.15) is 57.4 Å². The predicted octanol–water partition coefficient (Wildman–Crippen LogP) is 4.38. The molecule has 0 bridgehead atoms. The zero-order chi connectivity index (χ0) is 10.8. The van der Waals surface area contributed by atoms with Crippen molar-refractivity contribution in [2.45, 2.75) is 51.9 Å². The molecule has 1 heterocycles. The lowest BCUT2D eigenvalue weighted by atomic mass is 10.1. The van der Waals surface area contributed by atoms with Crippen LogP contribution >= 0.6 is 0 Å². The second-order valence-electron chi connectivity index (χ2n) is 3.83. The van der Waals surface area contributed by atoms with Gasteiger partial charge < -0.3 is 4.42 Å². The van der Waals surface area contributed by atoms with Gasteiger partial charge in [-0.2, -0.15) is 0 Å². The molecular weight excluding hydrogens is 184 g/mol. The fourth-order valence-corrected chi connectivity index (χ4v) is 1.49. The third kappa shape index (κ3) is 6.01. The SMILES string of the molecule is CCCCCCCCC#Cc1ccoc1. The Morgan fingerprint density at radius 2 is 1.93 bits per heavy atom. The monoisotopic (exact) mass is 204 g/mol. The molecule has 0 aliphatic heterocycles. The van der Waals surface area contributed by atoms with Crippen LogP contribution in [0, 0.1) is 11.8 Å². The van der Waals surface area contributed by atoms with Crippen molar-refractivity contribution in [3.05, 3.63) is 24.2 Å².